The third kappa shape index (κ3) is 2.08. The third-order valence-corrected chi connectivity index (χ3v) is 2.55. The molecule has 0 saturated heterocycles. The average Bonchev–Trinajstić information content (AvgIpc) is 2.77. The van der Waals surface area contributed by atoms with Gasteiger partial charge in [-0.15, -0.1) is 10.2 Å². The molecule has 90 valence electrons. The summed E-state index contributed by atoms with van der Waals surface area (Å²) < 4.78 is 7.25. The van der Waals surface area contributed by atoms with Crippen LogP contribution in [-0.4, -0.2) is 21.9 Å². The van der Waals surface area contributed by atoms with Crippen molar-refractivity contribution >= 4 is 5.69 Å². The summed E-state index contributed by atoms with van der Waals surface area (Å²) in [7, 11) is 1.62. The molecule has 1 aromatic heterocycles. The van der Waals surface area contributed by atoms with Crippen molar-refractivity contribution in [3.05, 3.63) is 30.4 Å². The molecule has 0 aliphatic rings. The standard InChI is InChI=1S/C12H16N4O/c1-8(2)12-15-14-7-16(12)10-5-4-9(13)6-11(10)17-3/h4-8H,13H2,1-3H3. The van der Waals surface area contributed by atoms with Gasteiger partial charge in [0.1, 0.15) is 17.9 Å². The van der Waals surface area contributed by atoms with Gasteiger partial charge in [0.2, 0.25) is 0 Å². The van der Waals surface area contributed by atoms with E-state index in [0.29, 0.717) is 17.4 Å². The lowest BCUT2D eigenvalue weighted by atomic mass is 10.2. The molecule has 5 nitrogen and oxygen atoms in total. The van der Waals surface area contributed by atoms with Gasteiger partial charge >= 0.3 is 0 Å². The summed E-state index contributed by atoms with van der Waals surface area (Å²) in [4.78, 5) is 0. The number of hydrogen-bond acceptors (Lipinski definition) is 4. The fourth-order valence-electron chi connectivity index (χ4n) is 1.72. The van der Waals surface area contributed by atoms with Crippen molar-refractivity contribution in [1.82, 2.24) is 14.8 Å². The number of methoxy groups -OCH3 is 1. The number of ether oxygens (including phenoxy) is 1. The fraction of sp³-hybridized carbons (Fsp3) is 0.333. The van der Waals surface area contributed by atoms with E-state index in [1.165, 1.54) is 0 Å². The SMILES string of the molecule is COc1cc(N)ccc1-n1cnnc1C(C)C. The molecular formula is C12H16N4O. The Labute approximate surface area is 100 Å². The van der Waals surface area contributed by atoms with Crippen molar-refractivity contribution < 1.29 is 4.74 Å². The smallest absolute Gasteiger partial charge is 0.144 e. The van der Waals surface area contributed by atoms with Crippen LogP contribution in [0.5, 0.6) is 5.75 Å². The van der Waals surface area contributed by atoms with Gasteiger partial charge in [0.15, 0.2) is 0 Å². The van der Waals surface area contributed by atoms with Crippen LogP contribution in [0, 0.1) is 0 Å². The predicted molar refractivity (Wildman–Crippen MR) is 66.4 cm³/mol. The van der Waals surface area contributed by atoms with Crippen LogP contribution in [0.1, 0.15) is 25.6 Å². The van der Waals surface area contributed by atoms with Gasteiger partial charge in [0.25, 0.3) is 0 Å². The molecule has 1 aromatic carbocycles. The van der Waals surface area contributed by atoms with Crippen LogP contribution < -0.4 is 10.5 Å². The second kappa shape index (κ2) is 4.45. The Morgan fingerprint density at radius 1 is 1.35 bits per heavy atom. The predicted octanol–water partition coefficient (Wildman–Crippen LogP) is 1.98. The average molecular weight is 232 g/mol. The number of rotatable bonds is 3. The minimum absolute atomic E-state index is 0.291. The maximum atomic E-state index is 5.73. The van der Waals surface area contributed by atoms with E-state index in [2.05, 4.69) is 24.0 Å². The first-order valence-electron chi connectivity index (χ1n) is 5.47. The molecule has 0 unspecified atom stereocenters. The Kier molecular flexibility index (Phi) is 2.99. The summed E-state index contributed by atoms with van der Waals surface area (Å²) in [6, 6.07) is 5.53. The molecule has 0 amide bonds. The van der Waals surface area contributed by atoms with Crippen LogP contribution in [0.25, 0.3) is 5.69 Å². The Hall–Kier alpha value is -2.04. The number of nitrogen functional groups attached to an aromatic ring is 1. The number of aromatic nitrogens is 3. The summed E-state index contributed by atoms with van der Waals surface area (Å²) in [6.45, 7) is 4.15. The van der Waals surface area contributed by atoms with Crippen LogP contribution >= 0.6 is 0 Å². The zero-order valence-corrected chi connectivity index (χ0v) is 10.2. The molecule has 2 rings (SSSR count). The molecule has 17 heavy (non-hydrogen) atoms. The van der Waals surface area contributed by atoms with Gasteiger partial charge in [-0.25, -0.2) is 0 Å². The van der Waals surface area contributed by atoms with Crippen LogP contribution in [0.2, 0.25) is 0 Å². The van der Waals surface area contributed by atoms with E-state index in [9.17, 15) is 0 Å². The highest BCUT2D eigenvalue weighted by Crippen LogP contribution is 2.27. The molecule has 0 fully saturated rings. The number of nitrogens with two attached hydrogens (primary N) is 1. The molecule has 1 heterocycles. The van der Waals surface area contributed by atoms with Gasteiger partial charge in [-0.05, 0) is 12.1 Å². The van der Waals surface area contributed by atoms with Crippen molar-refractivity contribution in [3.63, 3.8) is 0 Å². The van der Waals surface area contributed by atoms with E-state index in [1.54, 1.807) is 19.5 Å². The van der Waals surface area contributed by atoms with Gasteiger partial charge in [-0.3, -0.25) is 4.57 Å². The first-order chi connectivity index (χ1) is 8.13. The number of nitrogens with zero attached hydrogens (tertiary/aromatic N) is 3. The number of anilines is 1. The van der Waals surface area contributed by atoms with E-state index in [1.807, 2.05) is 16.7 Å². The topological polar surface area (TPSA) is 66.0 Å². The Balaban J connectivity index is 2.56. The van der Waals surface area contributed by atoms with Crippen molar-refractivity contribution in [2.75, 3.05) is 12.8 Å². The molecular weight excluding hydrogens is 216 g/mol. The van der Waals surface area contributed by atoms with Gasteiger partial charge in [0, 0.05) is 17.7 Å². The van der Waals surface area contributed by atoms with Crippen molar-refractivity contribution in [2.24, 2.45) is 0 Å². The lowest BCUT2D eigenvalue weighted by Crippen LogP contribution is -2.04. The zero-order valence-electron chi connectivity index (χ0n) is 10.2. The highest BCUT2D eigenvalue weighted by atomic mass is 16.5. The summed E-state index contributed by atoms with van der Waals surface area (Å²) in [5, 5.41) is 8.06. The Morgan fingerprint density at radius 3 is 2.76 bits per heavy atom. The van der Waals surface area contributed by atoms with Crippen LogP contribution in [0.3, 0.4) is 0 Å². The molecule has 5 heteroatoms. The molecule has 0 spiro atoms. The highest BCUT2D eigenvalue weighted by Gasteiger charge is 2.13. The van der Waals surface area contributed by atoms with Crippen molar-refractivity contribution in [2.45, 2.75) is 19.8 Å². The lowest BCUT2D eigenvalue weighted by molar-refractivity contribution is 0.412. The van der Waals surface area contributed by atoms with E-state index in [0.717, 1.165) is 11.5 Å². The first kappa shape index (κ1) is 11.4. The fourth-order valence-corrected chi connectivity index (χ4v) is 1.72. The summed E-state index contributed by atoms with van der Waals surface area (Å²) in [5.74, 6) is 1.90. The molecule has 0 bridgehead atoms. The quantitative estimate of drug-likeness (QED) is 0.822. The lowest BCUT2D eigenvalue weighted by Gasteiger charge is -2.13. The minimum Gasteiger partial charge on any atom is -0.494 e. The van der Waals surface area contributed by atoms with Gasteiger partial charge < -0.3 is 10.5 Å². The molecule has 0 aliphatic carbocycles. The molecule has 0 aliphatic heterocycles. The van der Waals surface area contributed by atoms with E-state index in [-0.39, 0.29) is 0 Å². The second-order valence-corrected chi connectivity index (χ2v) is 4.15. The van der Waals surface area contributed by atoms with Gasteiger partial charge in [0.05, 0.1) is 12.8 Å². The molecule has 0 atom stereocenters. The van der Waals surface area contributed by atoms with Gasteiger partial charge in [-0.1, -0.05) is 13.8 Å². The second-order valence-electron chi connectivity index (χ2n) is 4.15. The van der Waals surface area contributed by atoms with E-state index in [4.69, 9.17) is 10.5 Å². The van der Waals surface area contributed by atoms with Crippen LogP contribution in [-0.2, 0) is 0 Å². The summed E-state index contributed by atoms with van der Waals surface area (Å²) >= 11 is 0. The van der Waals surface area contributed by atoms with Crippen LogP contribution in [0.4, 0.5) is 5.69 Å². The van der Waals surface area contributed by atoms with E-state index < -0.39 is 0 Å². The molecule has 2 aromatic rings. The zero-order chi connectivity index (χ0) is 12.4. The summed E-state index contributed by atoms with van der Waals surface area (Å²) in [5.41, 5.74) is 7.30. The normalized spacial score (nSPS) is 10.8. The Bertz CT molecular complexity index is 519. The molecule has 2 N–H and O–H groups in total. The number of benzene rings is 1. The maximum absolute atomic E-state index is 5.73. The minimum atomic E-state index is 0.291. The van der Waals surface area contributed by atoms with Crippen LogP contribution in [0.15, 0.2) is 24.5 Å². The van der Waals surface area contributed by atoms with Crippen molar-refractivity contribution in [3.8, 4) is 11.4 Å². The third-order valence-electron chi connectivity index (χ3n) is 2.55. The van der Waals surface area contributed by atoms with E-state index >= 15 is 0 Å². The summed E-state index contributed by atoms with van der Waals surface area (Å²) in [6.07, 6.45) is 1.68. The number of hydrogen-bond donors (Lipinski definition) is 1. The molecule has 0 saturated carbocycles. The first-order valence-corrected chi connectivity index (χ1v) is 5.47. The van der Waals surface area contributed by atoms with Crippen molar-refractivity contribution in [1.29, 1.82) is 0 Å². The van der Waals surface area contributed by atoms with Gasteiger partial charge in [-0.2, -0.15) is 0 Å². The largest absolute Gasteiger partial charge is 0.494 e. The molecule has 0 radical (unpaired) electrons. The monoisotopic (exact) mass is 232 g/mol. The Morgan fingerprint density at radius 2 is 2.12 bits per heavy atom. The highest BCUT2D eigenvalue weighted by molar-refractivity contribution is 5.56. The maximum Gasteiger partial charge on any atom is 0.144 e.